The molecule has 0 aliphatic heterocycles. The second-order valence-electron chi connectivity index (χ2n) is 6.07. The standard InChI is InChI=1S/C16H26N2O/c1-13(2)19-15-7-5-14(6-8-15)18(3)12-16(11-17)9-4-10-16/h5-8,13H,4,9-12,17H2,1-3H3. The van der Waals surface area contributed by atoms with E-state index in [0.717, 1.165) is 18.8 Å². The van der Waals surface area contributed by atoms with Crippen LogP contribution in [0.4, 0.5) is 5.69 Å². The minimum Gasteiger partial charge on any atom is -0.491 e. The number of ether oxygens (including phenoxy) is 1. The highest BCUT2D eigenvalue weighted by Crippen LogP contribution is 2.41. The van der Waals surface area contributed by atoms with Crippen molar-refractivity contribution >= 4 is 5.69 Å². The maximum absolute atomic E-state index is 5.93. The molecule has 1 aliphatic rings. The highest BCUT2D eigenvalue weighted by molar-refractivity contribution is 5.48. The van der Waals surface area contributed by atoms with Crippen LogP contribution in [0.3, 0.4) is 0 Å². The van der Waals surface area contributed by atoms with Gasteiger partial charge in [-0.05, 0) is 57.5 Å². The van der Waals surface area contributed by atoms with Crippen molar-refractivity contribution in [3.05, 3.63) is 24.3 Å². The molecule has 0 unspecified atom stereocenters. The van der Waals surface area contributed by atoms with Gasteiger partial charge in [-0.1, -0.05) is 6.42 Å². The topological polar surface area (TPSA) is 38.5 Å². The van der Waals surface area contributed by atoms with Crippen LogP contribution in [-0.2, 0) is 0 Å². The Morgan fingerprint density at radius 1 is 1.26 bits per heavy atom. The number of hydrogen-bond acceptors (Lipinski definition) is 3. The normalized spacial score (nSPS) is 17.1. The van der Waals surface area contributed by atoms with Crippen molar-refractivity contribution < 1.29 is 4.74 Å². The summed E-state index contributed by atoms with van der Waals surface area (Å²) in [5.41, 5.74) is 7.51. The van der Waals surface area contributed by atoms with Gasteiger partial charge in [0.1, 0.15) is 5.75 Å². The van der Waals surface area contributed by atoms with Crippen molar-refractivity contribution in [1.29, 1.82) is 0 Å². The lowest BCUT2D eigenvalue weighted by Crippen LogP contribution is -2.46. The van der Waals surface area contributed by atoms with E-state index in [-0.39, 0.29) is 6.10 Å². The first kappa shape index (κ1) is 14.2. The van der Waals surface area contributed by atoms with Gasteiger partial charge in [0.05, 0.1) is 6.10 Å². The van der Waals surface area contributed by atoms with Crippen LogP contribution in [0.15, 0.2) is 24.3 Å². The summed E-state index contributed by atoms with van der Waals surface area (Å²) in [5.74, 6) is 0.935. The summed E-state index contributed by atoms with van der Waals surface area (Å²) in [5, 5.41) is 0. The van der Waals surface area contributed by atoms with Gasteiger partial charge in [-0.2, -0.15) is 0 Å². The monoisotopic (exact) mass is 262 g/mol. The molecular weight excluding hydrogens is 236 g/mol. The Morgan fingerprint density at radius 3 is 2.32 bits per heavy atom. The number of benzene rings is 1. The summed E-state index contributed by atoms with van der Waals surface area (Å²) >= 11 is 0. The van der Waals surface area contributed by atoms with Crippen LogP contribution >= 0.6 is 0 Å². The predicted molar refractivity (Wildman–Crippen MR) is 80.8 cm³/mol. The Bertz CT molecular complexity index is 390. The van der Waals surface area contributed by atoms with Gasteiger partial charge in [0.2, 0.25) is 0 Å². The molecule has 106 valence electrons. The van der Waals surface area contributed by atoms with Crippen molar-refractivity contribution in [2.45, 2.75) is 39.2 Å². The molecule has 1 aromatic carbocycles. The van der Waals surface area contributed by atoms with E-state index in [9.17, 15) is 0 Å². The highest BCUT2D eigenvalue weighted by Gasteiger charge is 2.36. The molecule has 19 heavy (non-hydrogen) atoms. The van der Waals surface area contributed by atoms with Gasteiger partial charge in [-0.15, -0.1) is 0 Å². The van der Waals surface area contributed by atoms with Gasteiger partial charge in [-0.25, -0.2) is 0 Å². The van der Waals surface area contributed by atoms with Crippen LogP contribution in [-0.4, -0.2) is 26.2 Å². The van der Waals surface area contributed by atoms with Crippen LogP contribution in [0.5, 0.6) is 5.75 Å². The van der Waals surface area contributed by atoms with Gasteiger partial charge < -0.3 is 15.4 Å². The minimum atomic E-state index is 0.221. The van der Waals surface area contributed by atoms with Gasteiger partial charge in [0.25, 0.3) is 0 Å². The fourth-order valence-corrected chi connectivity index (χ4v) is 2.75. The lowest BCUT2D eigenvalue weighted by atomic mass is 9.68. The fraction of sp³-hybridized carbons (Fsp3) is 0.625. The van der Waals surface area contributed by atoms with Gasteiger partial charge in [0.15, 0.2) is 0 Å². The molecule has 0 atom stereocenters. The predicted octanol–water partition coefficient (Wildman–Crippen LogP) is 3.04. The summed E-state index contributed by atoms with van der Waals surface area (Å²) in [4.78, 5) is 2.31. The van der Waals surface area contributed by atoms with Crippen molar-refractivity contribution in [1.82, 2.24) is 0 Å². The maximum atomic E-state index is 5.93. The zero-order valence-electron chi connectivity index (χ0n) is 12.4. The summed E-state index contributed by atoms with van der Waals surface area (Å²) in [7, 11) is 2.15. The SMILES string of the molecule is CC(C)Oc1ccc(N(C)CC2(CN)CCC2)cc1. The molecular formula is C16H26N2O. The fourth-order valence-electron chi connectivity index (χ4n) is 2.75. The Hall–Kier alpha value is -1.22. The first-order chi connectivity index (χ1) is 9.04. The molecule has 2 rings (SSSR count). The average molecular weight is 262 g/mol. The van der Waals surface area contributed by atoms with E-state index in [1.165, 1.54) is 24.9 Å². The first-order valence-corrected chi connectivity index (χ1v) is 7.23. The molecule has 0 bridgehead atoms. The van der Waals surface area contributed by atoms with Crippen LogP contribution < -0.4 is 15.4 Å². The highest BCUT2D eigenvalue weighted by atomic mass is 16.5. The molecule has 0 spiro atoms. The third kappa shape index (κ3) is 3.41. The average Bonchev–Trinajstić information content (AvgIpc) is 2.34. The van der Waals surface area contributed by atoms with E-state index in [2.05, 4.69) is 24.1 Å². The van der Waals surface area contributed by atoms with Gasteiger partial charge in [-0.3, -0.25) is 0 Å². The van der Waals surface area contributed by atoms with Crippen LogP contribution in [0.2, 0.25) is 0 Å². The Balaban J connectivity index is 1.97. The minimum absolute atomic E-state index is 0.221. The molecule has 1 fully saturated rings. The molecule has 0 saturated heterocycles. The number of anilines is 1. The second-order valence-corrected chi connectivity index (χ2v) is 6.07. The van der Waals surface area contributed by atoms with Gasteiger partial charge in [0, 0.05) is 24.7 Å². The largest absolute Gasteiger partial charge is 0.491 e. The second kappa shape index (κ2) is 5.83. The molecule has 2 N–H and O–H groups in total. The van der Waals surface area contributed by atoms with E-state index in [1.54, 1.807) is 0 Å². The number of nitrogens with zero attached hydrogens (tertiary/aromatic N) is 1. The molecule has 1 aliphatic carbocycles. The Kier molecular flexibility index (Phi) is 4.35. The Morgan fingerprint density at radius 2 is 1.89 bits per heavy atom. The maximum Gasteiger partial charge on any atom is 0.119 e. The smallest absolute Gasteiger partial charge is 0.119 e. The molecule has 1 aromatic rings. The van der Waals surface area contributed by atoms with Crippen LogP contribution in [0.1, 0.15) is 33.1 Å². The summed E-state index contributed by atoms with van der Waals surface area (Å²) in [6.45, 7) is 5.93. The number of nitrogens with two attached hydrogens (primary N) is 1. The molecule has 0 amide bonds. The lowest BCUT2D eigenvalue weighted by molar-refractivity contribution is 0.154. The van der Waals surface area contributed by atoms with Crippen molar-refractivity contribution in [2.24, 2.45) is 11.1 Å². The lowest BCUT2D eigenvalue weighted by Gasteiger charge is -2.44. The third-order valence-electron chi connectivity index (χ3n) is 4.07. The summed E-state index contributed by atoms with van der Waals surface area (Å²) in [6.07, 6.45) is 4.08. The van der Waals surface area contributed by atoms with E-state index >= 15 is 0 Å². The molecule has 0 heterocycles. The molecule has 0 aromatic heterocycles. The van der Waals surface area contributed by atoms with E-state index < -0.39 is 0 Å². The quantitative estimate of drug-likeness (QED) is 0.856. The molecule has 0 radical (unpaired) electrons. The van der Waals surface area contributed by atoms with Crippen LogP contribution in [0, 0.1) is 5.41 Å². The van der Waals surface area contributed by atoms with Crippen LogP contribution in [0.25, 0.3) is 0 Å². The van der Waals surface area contributed by atoms with Crippen molar-refractivity contribution in [2.75, 3.05) is 25.0 Å². The van der Waals surface area contributed by atoms with E-state index in [1.807, 2.05) is 26.0 Å². The molecule has 3 heteroatoms. The van der Waals surface area contributed by atoms with E-state index in [0.29, 0.717) is 5.41 Å². The van der Waals surface area contributed by atoms with Gasteiger partial charge >= 0.3 is 0 Å². The van der Waals surface area contributed by atoms with Crippen molar-refractivity contribution in [3.8, 4) is 5.75 Å². The first-order valence-electron chi connectivity index (χ1n) is 7.23. The van der Waals surface area contributed by atoms with Crippen molar-refractivity contribution in [3.63, 3.8) is 0 Å². The van der Waals surface area contributed by atoms with E-state index in [4.69, 9.17) is 10.5 Å². The Labute approximate surface area is 116 Å². The summed E-state index contributed by atoms with van der Waals surface area (Å²) < 4.78 is 5.66. The zero-order valence-corrected chi connectivity index (χ0v) is 12.4. The number of hydrogen-bond donors (Lipinski definition) is 1. The number of rotatable bonds is 6. The summed E-state index contributed by atoms with van der Waals surface area (Å²) in [6, 6.07) is 8.34. The molecule has 1 saturated carbocycles. The third-order valence-corrected chi connectivity index (χ3v) is 4.07. The molecule has 3 nitrogen and oxygen atoms in total. The zero-order chi connectivity index (χ0) is 13.9.